The maximum atomic E-state index is 13.7. The van der Waals surface area contributed by atoms with Gasteiger partial charge in [0.2, 0.25) is 11.7 Å². The summed E-state index contributed by atoms with van der Waals surface area (Å²) in [5.41, 5.74) is 1.17. The molecule has 0 saturated carbocycles. The molecule has 0 radical (unpaired) electrons. The van der Waals surface area contributed by atoms with Gasteiger partial charge in [-0.1, -0.05) is 17.3 Å². The maximum absolute atomic E-state index is 13.7. The third-order valence-electron chi connectivity index (χ3n) is 3.83. The molecule has 7 heteroatoms. The van der Waals surface area contributed by atoms with Crippen molar-refractivity contribution in [2.75, 3.05) is 20.3 Å². The van der Waals surface area contributed by atoms with Gasteiger partial charge in [0.05, 0.1) is 26.0 Å². The Morgan fingerprint density at radius 1 is 1.24 bits per heavy atom. The molecule has 0 spiro atoms. The summed E-state index contributed by atoms with van der Waals surface area (Å²) in [4.78, 5) is 6.45. The number of ether oxygens (including phenoxy) is 1. The number of halogens is 1. The lowest BCUT2D eigenvalue weighted by atomic mass is 10.1. The first-order valence-electron chi connectivity index (χ1n) is 7.98. The van der Waals surface area contributed by atoms with Crippen molar-refractivity contribution >= 4 is 0 Å². The first kappa shape index (κ1) is 17.3. The number of furan rings is 1. The number of hydrogen-bond acceptors (Lipinski definition) is 6. The van der Waals surface area contributed by atoms with E-state index in [0.717, 1.165) is 5.76 Å². The lowest BCUT2D eigenvalue weighted by Crippen LogP contribution is -2.26. The minimum atomic E-state index is -0.289. The molecule has 0 saturated heterocycles. The highest BCUT2D eigenvalue weighted by Gasteiger charge is 2.15. The summed E-state index contributed by atoms with van der Waals surface area (Å²) in [7, 11) is 1.65. The third kappa shape index (κ3) is 4.52. The molecule has 1 aromatic carbocycles. The fourth-order valence-corrected chi connectivity index (χ4v) is 2.42. The Balaban J connectivity index is 1.71. The number of nitrogens with zero attached hydrogens (tertiary/aromatic N) is 3. The summed E-state index contributed by atoms with van der Waals surface area (Å²) in [6.45, 7) is 4.03. The Bertz CT molecular complexity index is 802. The van der Waals surface area contributed by atoms with Crippen LogP contribution in [0.15, 0.2) is 45.5 Å². The minimum Gasteiger partial charge on any atom is -0.468 e. The van der Waals surface area contributed by atoms with Crippen molar-refractivity contribution in [3.05, 3.63) is 59.6 Å². The largest absolute Gasteiger partial charge is 0.468 e. The second-order valence-electron chi connectivity index (χ2n) is 5.76. The lowest BCUT2D eigenvalue weighted by molar-refractivity contribution is 0.126. The molecule has 0 aliphatic carbocycles. The normalized spacial score (nSPS) is 11.4. The fraction of sp³-hybridized carbons (Fsp3) is 0.333. The van der Waals surface area contributed by atoms with Crippen molar-refractivity contribution in [1.29, 1.82) is 0 Å². The van der Waals surface area contributed by atoms with E-state index in [1.165, 1.54) is 6.07 Å². The molecule has 0 N–H and O–H groups in total. The quantitative estimate of drug-likeness (QED) is 0.623. The van der Waals surface area contributed by atoms with E-state index in [1.807, 2.05) is 12.1 Å². The van der Waals surface area contributed by atoms with E-state index in [2.05, 4.69) is 15.0 Å². The summed E-state index contributed by atoms with van der Waals surface area (Å²) in [6, 6.07) is 8.64. The smallest absolute Gasteiger partial charge is 0.241 e. The monoisotopic (exact) mass is 345 g/mol. The molecule has 3 aromatic rings. The molecule has 0 atom stereocenters. The zero-order valence-corrected chi connectivity index (χ0v) is 14.2. The van der Waals surface area contributed by atoms with Crippen LogP contribution in [0.5, 0.6) is 0 Å². The standard InChI is InChI=1S/C18H20FN3O3/c1-13-5-6-14(10-16(13)19)18-20-17(25-21-18)12-22(7-9-23-2)11-15-4-3-8-24-15/h3-6,8,10H,7,9,11-12H2,1-2H3. The Labute approximate surface area is 145 Å². The number of rotatable bonds is 8. The van der Waals surface area contributed by atoms with Gasteiger partial charge in [0.25, 0.3) is 0 Å². The maximum Gasteiger partial charge on any atom is 0.241 e. The molecule has 0 fully saturated rings. The van der Waals surface area contributed by atoms with Crippen molar-refractivity contribution < 1.29 is 18.1 Å². The van der Waals surface area contributed by atoms with Crippen molar-refractivity contribution in [1.82, 2.24) is 15.0 Å². The van der Waals surface area contributed by atoms with Gasteiger partial charge in [0.1, 0.15) is 11.6 Å². The highest BCUT2D eigenvalue weighted by Crippen LogP contribution is 2.19. The van der Waals surface area contributed by atoms with Crippen LogP contribution >= 0.6 is 0 Å². The topological polar surface area (TPSA) is 64.5 Å². The van der Waals surface area contributed by atoms with E-state index < -0.39 is 0 Å². The Morgan fingerprint density at radius 3 is 2.84 bits per heavy atom. The minimum absolute atomic E-state index is 0.289. The van der Waals surface area contributed by atoms with Crippen LogP contribution in [0.3, 0.4) is 0 Å². The van der Waals surface area contributed by atoms with E-state index in [0.29, 0.717) is 49.1 Å². The summed E-state index contributed by atoms with van der Waals surface area (Å²) in [5.74, 6) is 1.39. The van der Waals surface area contributed by atoms with E-state index in [4.69, 9.17) is 13.7 Å². The van der Waals surface area contributed by atoms with Gasteiger partial charge in [-0.3, -0.25) is 4.90 Å². The number of aromatic nitrogens is 2. The zero-order chi connectivity index (χ0) is 17.6. The van der Waals surface area contributed by atoms with E-state index in [9.17, 15) is 4.39 Å². The summed E-state index contributed by atoms with van der Waals surface area (Å²) < 4.78 is 29.6. The predicted molar refractivity (Wildman–Crippen MR) is 89.1 cm³/mol. The lowest BCUT2D eigenvalue weighted by Gasteiger charge is -2.18. The van der Waals surface area contributed by atoms with Gasteiger partial charge in [-0.15, -0.1) is 0 Å². The van der Waals surface area contributed by atoms with Crippen LogP contribution < -0.4 is 0 Å². The Morgan fingerprint density at radius 2 is 2.12 bits per heavy atom. The molecule has 0 amide bonds. The van der Waals surface area contributed by atoms with Crippen molar-refractivity contribution in [3.8, 4) is 11.4 Å². The summed E-state index contributed by atoms with van der Waals surface area (Å²) in [5, 5.41) is 3.95. The highest BCUT2D eigenvalue weighted by molar-refractivity contribution is 5.54. The Hall–Kier alpha value is -2.51. The van der Waals surface area contributed by atoms with Gasteiger partial charge >= 0.3 is 0 Å². The van der Waals surface area contributed by atoms with E-state index in [1.54, 1.807) is 32.4 Å². The molecule has 25 heavy (non-hydrogen) atoms. The van der Waals surface area contributed by atoms with Crippen molar-refractivity contribution in [2.45, 2.75) is 20.0 Å². The zero-order valence-electron chi connectivity index (χ0n) is 14.2. The molecule has 0 aliphatic rings. The van der Waals surface area contributed by atoms with Gasteiger partial charge in [0.15, 0.2) is 0 Å². The van der Waals surface area contributed by atoms with Crippen LogP contribution in [0.25, 0.3) is 11.4 Å². The predicted octanol–water partition coefficient (Wildman–Crippen LogP) is 3.43. The van der Waals surface area contributed by atoms with Crippen molar-refractivity contribution in [2.24, 2.45) is 0 Å². The van der Waals surface area contributed by atoms with Crippen LogP contribution in [0.1, 0.15) is 17.2 Å². The van der Waals surface area contributed by atoms with Gasteiger partial charge in [-0.25, -0.2) is 4.39 Å². The molecule has 2 aromatic heterocycles. The average Bonchev–Trinajstić information content (AvgIpc) is 3.27. The number of benzene rings is 1. The van der Waals surface area contributed by atoms with Crippen LogP contribution in [0, 0.1) is 12.7 Å². The second kappa shape index (κ2) is 8.04. The van der Waals surface area contributed by atoms with E-state index in [-0.39, 0.29) is 5.82 Å². The number of hydrogen-bond donors (Lipinski definition) is 0. The molecule has 0 bridgehead atoms. The highest BCUT2D eigenvalue weighted by atomic mass is 19.1. The first-order chi connectivity index (χ1) is 12.2. The van der Waals surface area contributed by atoms with Gasteiger partial charge in [-0.2, -0.15) is 4.98 Å². The first-order valence-corrected chi connectivity index (χ1v) is 7.98. The second-order valence-corrected chi connectivity index (χ2v) is 5.76. The number of methoxy groups -OCH3 is 1. The molecule has 0 aliphatic heterocycles. The van der Waals surface area contributed by atoms with Crippen LogP contribution in [0.4, 0.5) is 4.39 Å². The fourth-order valence-electron chi connectivity index (χ4n) is 2.42. The molecule has 0 unspecified atom stereocenters. The van der Waals surface area contributed by atoms with Crippen LogP contribution in [-0.2, 0) is 17.8 Å². The Kier molecular flexibility index (Phi) is 5.57. The molecule has 132 valence electrons. The molecule has 6 nitrogen and oxygen atoms in total. The average molecular weight is 345 g/mol. The van der Waals surface area contributed by atoms with E-state index >= 15 is 0 Å². The molecular formula is C18H20FN3O3. The van der Waals surface area contributed by atoms with Crippen molar-refractivity contribution in [3.63, 3.8) is 0 Å². The van der Waals surface area contributed by atoms with Gasteiger partial charge in [0, 0.05) is 19.2 Å². The molecule has 3 rings (SSSR count). The van der Waals surface area contributed by atoms with Crippen LogP contribution in [-0.4, -0.2) is 35.3 Å². The SMILES string of the molecule is COCCN(Cc1ccco1)Cc1nc(-c2ccc(C)c(F)c2)no1. The van der Waals surface area contributed by atoms with Crippen LogP contribution in [0.2, 0.25) is 0 Å². The van der Waals surface area contributed by atoms with Gasteiger partial charge in [-0.05, 0) is 30.7 Å². The number of aryl methyl sites for hydroxylation is 1. The van der Waals surface area contributed by atoms with Gasteiger partial charge < -0.3 is 13.7 Å². The molecule has 2 heterocycles. The summed E-state index contributed by atoms with van der Waals surface area (Å²) >= 11 is 0. The summed E-state index contributed by atoms with van der Waals surface area (Å²) in [6.07, 6.45) is 1.64. The third-order valence-corrected chi connectivity index (χ3v) is 3.83. The molecular weight excluding hydrogens is 325 g/mol.